The number of carboxylic acid groups (broad SMARTS) is 1. The van der Waals surface area contributed by atoms with Gasteiger partial charge in [-0.2, -0.15) is 0 Å². The highest BCUT2D eigenvalue weighted by molar-refractivity contribution is 6.00. The summed E-state index contributed by atoms with van der Waals surface area (Å²) in [6, 6.07) is 2.09. The van der Waals surface area contributed by atoms with Crippen molar-refractivity contribution in [3.8, 4) is 11.5 Å². The summed E-state index contributed by atoms with van der Waals surface area (Å²) < 4.78 is 5.24. The predicted molar refractivity (Wildman–Crippen MR) is 94.3 cm³/mol. The van der Waals surface area contributed by atoms with Crippen molar-refractivity contribution in [3.63, 3.8) is 0 Å². The van der Waals surface area contributed by atoms with Crippen LogP contribution < -0.4 is 5.32 Å². The summed E-state index contributed by atoms with van der Waals surface area (Å²) in [6.45, 7) is 0.420. The van der Waals surface area contributed by atoms with Crippen LogP contribution in [0.1, 0.15) is 23.2 Å². The van der Waals surface area contributed by atoms with Crippen molar-refractivity contribution < 1.29 is 34.4 Å². The molecule has 1 aliphatic carbocycles. The number of ether oxygens (including phenoxy) is 1. The molecule has 0 spiro atoms. The molecule has 3 rings (SSSR count). The monoisotopic (exact) mass is 371 g/mol. The average Bonchev–Trinajstić information content (AvgIpc) is 2.64. The highest BCUT2D eigenvalue weighted by Gasteiger charge is 2.29. The fourth-order valence-corrected chi connectivity index (χ4v) is 3.00. The normalized spacial score (nSPS) is 18.1. The van der Waals surface area contributed by atoms with E-state index >= 15 is 0 Å². The molecule has 0 bridgehead atoms. The highest BCUT2D eigenvalue weighted by Crippen LogP contribution is 2.37. The number of allylic oxidation sites excluding steroid dienone is 4. The Morgan fingerprint density at radius 1 is 1.22 bits per heavy atom. The number of rotatable bonds is 5. The molecule has 1 aromatic rings. The highest BCUT2D eigenvalue weighted by atomic mass is 16.5. The van der Waals surface area contributed by atoms with E-state index in [2.05, 4.69) is 5.32 Å². The van der Waals surface area contributed by atoms with Gasteiger partial charge >= 0.3 is 5.97 Å². The Hall–Kier alpha value is -3.55. The van der Waals surface area contributed by atoms with E-state index in [-0.39, 0.29) is 24.3 Å². The van der Waals surface area contributed by atoms with Gasteiger partial charge in [0.1, 0.15) is 23.6 Å². The zero-order valence-corrected chi connectivity index (χ0v) is 14.1. The fourth-order valence-electron chi connectivity index (χ4n) is 3.00. The number of ketones is 1. The number of phenolic OH excluding ortho intramolecular Hbond substituents is 1. The predicted octanol–water partition coefficient (Wildman–Crippen LogP) is 2.11. The van der Waals surface area contributed by atoms with Gasteiger partial charge in [-0.15, -0.1) is 0 Å². The number of anilines is 1. The number of aromatic carboxylic acids is 1. The minimum absolute atomic E-state index is 0.0783. The number of carbonyl (C=O) groups is 3. The molecule has 1 aromatic carbocycles. The van der Waals surface area contributed by atoms with Gasteiger partial charge in [-0.05, 0) is 36.3 Å². The lowest BCUT2D eigenvalue weighted by molar-refractivity contribution is -0.118. The van der Waals surface area contributed by atoms with Crippen molar-refractivity contribution in [2.24, 2.45) is 5.92 Å². The molecular weight excluding hydrogens is 354 g/mol. The van der Waals surface area contributed by atoms with Gasteiger partial charge in [0.15, 0.2) is 11.5 Å². The topological polar surface area (TPSA) is 133 Å². The number of nitrogens with one attached hydrogen (secondary N) is 1. The van der Waals surface area contributed by atoms with Crippen LogP contribution in [0.3, 0.4) is 0 Å². The molecule has 8 heteroatoms. The number of amides is 1. The van der Waals surface area contributed by atoms with Crippen molar-refractivity contribution in [2.75, 3.05) is 11.9 Å². The molecule has 0 saturated carbocycles. The summed E-state index contributed by atoms with van der Waals surface area (Å²) in [5.41, 5.74) is 0.765. The van der Waals surface area contributed by atoms with Crippen molar-refractivity contribution in [1.82, 2.24) is 0 Å². The first-order chi connectivity index (χ1) is 12.9. The van der Waals surface area contributed by atoms with Gasteiger partial charge in [0.2, 0.25) is 5.91 Å². The van der Waals surface area contributed by atoms with E-state index in [1.807, 2.05) is 6.08 Å². The van der Waals surface area contributed by atoms with Crippen LogP contribution in [0, 0.1) is 5.92 Å². The van der Waals surface area contributed by atoms with Crippen molar-refractivity contribution in [3.05, 3.63) is 53.3 Å². The van der Waals surface area contributed by atoms with Gasteiger partial charge < -0.3 is 25.4 Å². The van der Waals surface area contributed by atoms with Crippen molar-refractivity contribution in [2.45, 2.75) is 12.8 Å². The van der Waals surface area contributed by atoms with Crippen LogP contribution in [0.4, 0.5) is 5.69 Å². The molecule has 27 heavy (non-hydrogen) atoms. The van der Waals surface area contributed by atoms with E-state index in [4.69, 9.17) is 9.84 Å². The summed E-state index contributed by atoms with van der Waals surface area (Å²) in [5.74, 6) is -3.84. The molecule has 1 heterocycles. The maximum Gasteiger partial charge on any atom is 0.339 e. The Morgan fingerprint density at radius 3 is 2.74 bits per heavy atom. The minimum Gasteiger partial charge on any atom is -0.506 e. The van der Waals surface area contributed by atoms with Crippen LogP contribution in [-0.4, -0.2) is 39.6 Å². The molecule has 8 nitrogen and oxygen atoms in total. The third kappa shape index (κ3) is 3.69. The molecule has 1 atom stereocenters. The van der Waals surface area contributed by atoms with Gasteiger partial charge in [0.05, 0.1) is 12.2 Å². The third-order valence-electron chi connectivity index (χ3n) is 4.40. The van der Waals surface area contributed by atoms with E-state index in [0.717, 1.165) is 17.7 Å². The van der Waals surface area contributed by atoms with Gasteiger partial charge in [-0.25, -0.2) is 4.79 Å². The van der Waals surface area contributed by atoms with E-state index < -0.39 is 34.9 Å². The molecule has 1 unspecified atom stereocenters. The number of carbonyl (C=O) groups excluding carboxylic acids is 2. The van der Waals surface area contributed by atoms with Gasteiger partial charge in [0, 0.05) is 12.0 Å². The molecule has 4 N–H and O–H groups in total. The maximum atomic E-state index is 12.2. The van der Waals surface area contributed by atoms with Crippen molar-refractivity contribution >= 4 is 23.3 Å². The first-order valence-electron chi connectivity index (χ1n) is 8.20. The van der Waals surface area contributed by atoms with Crippen LogP contribution >= 0.6 is 0 Å². The molecular formula is C19H17NO7. The van der Waals surface area contributed by atoms with Crippen LogP contribution in [0.2, 0.25) is 0 Å². The Kier molecular flexibility index (Phi) is 4.98. The summed E-state index contributed by atoms with van der Waals surface area (Å²) in [7, 11) is 0. The lowest BCUT2D eigenvalue weighted by Crippen LogP contribution is -2.23. The average molecular weight is 371 g/mol. The quantitative estimate of drug-likeness (QED) is 0.583. The van der Waals surface area contributed by atoms with E-state index in [1.54, 1.807) is 6.08 Å². The summed E-state index contributed by atoms with van der Waals surface area (Å²) in [5, 5.41) is 31.1. The van der Waals surface area contributed by atoms with E-state index in [9.17, 15) is 24.6 Å². The van der Waals surface area contributed by atoms with Crippen molar-refractivity contribution in [1.29, 1.82) is 0 Å². The number of hydrogen-bond acceptors (Lipinski definition) is 6. The summed E-state index contributed by atoms with van der Waals surface area (Å²) in [6.07, 6.45) is 6.66. The number of phenols is 2. The maximum absolute atomic E-state index is 12.2. The zero-order valence-electron chi connectivity index (χ0n) is 14.1. The summed E-state index contributed by atoms with van der Waals surface area (Å²) >= 11 is 0. The number of aromatic hydroxyl groups is 2. The zero-order chi connectivity index (χ0) is 19.6. The Labute approximate surface area is 154 Å². The van der Waals surface area contributed by atoms with Gasteiger partial charge in [-0.3, -0.25) is 9.59 Å². The Balaban J connectivity index is 1.71. The first-order valence-corrected chi connectivity index (χ1v) is 8.20. The molecule has 0 fully saturated rings. The number of benzene rings is 1. The third-order valence-corrected chi connectivity index (χ3v) is 4.40. The summed E-state index contributed by atoms with van der Waals surface area (Å²) in [4.78, 5) is 35.4. The molecule has 2 aliphatic rings. The number of carboxylic acids is 1. The van der Waals surface area contributed by atoms with E-state index in [0.29, 0.717) is 12.2 Å². The standard InChI is InChI=1S/C19H17NO7/c21-14-4-1-10-7-8-27-9-13(10)11(14)3-6-16(23)20-17-15(22)5-2-12(18(17)24)19(25)26/h1-2,4-5,7,9,11,22,24H,3,6,8H2,(H,20,23)(H,25,26). The van der Waals surface area contributed by atoms with Crippen LogP contribution in [0.25, 0.3) is 0 Å². The second-order valence-corrected chi connectivity index (χ2v) is 6.10. The molecule has 1 aliphatic heterocycles. The second kappa shape index (κ2) is 7.36. The van der Waals surface area contributed by atoms with Gasteiger partial charge in [0.25, 0.3) is 0 Å². The second-order valence-electron chi connectivity index (χ2n) is 6.10. The molecule has 140 valence electrons. The smallest absolute Gasteiger partial charge is 0.339 e. The first kappa shape index (κ1) is 18.2. The lowest BCUT2D eigenvalue weighted by Gasteiger charge is -2.24. The fraction of sp³-hybridized carbons (Fsp3) is 0.211. The molecule has 0 aromatic heterocycles. The molecule has 0 radical (unpaired) electrons. The van der Waals surface area contributed by atoms with Crippen LogP contribution in [0.5, 0.6) is 11.5 Å². The Bertz CT molecular complexity index is 911. The Morgan fingerprint density at radius 2 is 2.00 bits per heavy atom. The lowest BCUT2D eigenvalue weighted by atomic mass is 9.81. The van der Waals surface area contributed by atoms with E-state index in [1.165, 1.54) is 12.3 Å². The largest absolute Gasteiger partial charge is 0.506 e. The number of hydrogen-bond donors (Lipinski definition) is 4. The molecule has 1 amide bonds. The number of fused-ring (bicyclic) bond motifs is 1. The molecule has 0 saturated heterocycles. The minimum atomic E-state index is -1.40. The van der Waals surface area contributed by atoms with Gasteiger partial charge in [-0.1, -0.05) is 6.08 Å². The van der Waals surface area contributed by atoms with Crippen LogP contribution in [-0.2, 0) is 14.3 Å². The SMILES string of the molecule is O=C(CCC1C(=O)C=CC2=CCOC=C21)Nc1c(O)ccc(C(=O)O)c1O. The van der Waals surface area contributed by atoms with Crippen LogP contribution in [0.15, 0.2) is 47.8 Å².